The van der Waals surface area contributed by atoms with Crippen molar-refractivity contribution in [2.75, 3.05) is 20.3 Å². The zero-order chi connectivity index (χ0) is 12.0. The fraction of sp³-hybridized carbons (Fsp3) is 0.333. The van der Waals surface area contributed by atoms with Gasteiger partial charge in [-0.05, 0) is 24.3 Å². The molecule has 7 heteroatoms. The number of hydrogen-bond acceptors (Lipinski definition) is 5. The smallest absolute Gasteiger partial charge is 0.333 e. The molecular formula is C9H13NO5S. The fourth-order valence-electron chi connectivity index (χ4n) is 0.982. The molecule has 0 radical (unpaired) electrons. The van der Waals surface area contributed by atoms with E-state index in [1.54, 1.807) is 31.4 Å². The summed E-state index contributed by atoms with van der Waals surface area (Å²) in [7, 11) is -2.32. The van der Waals surface area contributed by atoms with Crippen LogP contribution >= 0.6 is 0 Å². The normalized spacial score (nSPS) is 11.1. The highest BCUT2D eigenvalue weighted by atomic mass is 32.2. The molecule has 2 N–H and O–H groups in total. The van der Waals surface area contributed by atoms with Crippen molar-refractivity contribution in [3.05, 3.63) is 24.3 Å². The number of benzene rings is 1. The molecule has 0 heterocycles. The Bertz CT molecular complexity index is 414. The SMILES string of the molecule is COc1ccc(OCCOS(N)(=O)=O)cc1. The second-order valence-corrected chi connectivity index (χ2v) is 4.06. The van der Waals surface area contributed by atoms with E-state index in [2.05, 4.69) is 9.32 Å². The van der Waals surface area contributed by atoms with E-state index < -0.39 is 10.3 Å². The standard InChI is InChI=1S/C9H13NO5S/c1-13-8-2-4-9(5-3-8)14-6-7-15-16(10,11)12/h2-5H,6-7H2,1H3,(H2,10,11,12). The highest BCUT2D eigenvalue weighted by molar-refractivity contribution is 7.84. The maximum absolute atomic E-state index is 10.4. The van der Waals surface area contributed by atoms with Gasteiger partial charge >= 0.3 is 10.3 Å². The summed E-state index contributed by atoms with van der Waals surface area (Å²) in [5, 5.41) is 4.63. The minimum Gasteiger partial charge on any atom is -0.497 e. The van der Waals surface area contributed by atoms with Gasteiger partial charge in [-0.15, -0.1) is 0 Å². The second-order valence-electron chi connectivity index (χ2n) is 2.84. The highest BCUT2D eigenvalue weighted by Crippen LogP contribution is 2.16. The minimum absolute atomic E-state index is 0.1000. The van der Waals surface area contributed by atoms with Crippen molar-refractivity contribution < 1.29 is 22.1 Å². The third kappa shape index (κ3) is 4.96. The molecule has 0 spiro atoms. The average Bonchev–Trinajstić information content (AvgIpc) is 2.24. The molecule has 1 aromatic carbocycles. The molecule has 1 aromatic rings. The van der Waals surface area contributed by atoms with Crippen LogP contribution in [0, 0.1) is 0 Å². The van der Waals surface area contributed by atoms with Crippen molar-refractivity contribution in [1.82, 2.24) is 0 Å². The van der Waals surface area contributed by atoms with E-state index in [-0.39, 0.29) is 13.2 Å². The van der Waals surface area contributed by atoms with Gasteiger partial charge < -0.3 is 9.47 Å². The van der Waals surface area contributed by atoms with Crippen LogP contribution in [0.5, 0.6) is 11.5 Å². The molecule has 0 fully saturated rings. The van der Waals surface area contributed by atoms with Crippen LogP contribution in [0.2, 0.25) is 0 Å². The van der Waals surface area contributed by atoms with Crippen LogP contribution in [-0.2, 0) is 14.5 Å². The van der Waals surface area contributed by atoms with E-state index in [0.717, 1.165) is 0 Å². The third-order valence-corrected chi connectivity index (χ3v) is 2.15. The molecule has 0 amide bonds. The number of rotatable bonds is 6. The van der Waals surface area contributed by atoms with Crippen molar-refractivity contribution >= 4 is 10.3 Å². The molecule has 0 aliphatic heterocycles. The lowest BCUT2D eigenvalue weighted by atomic mass is 10.3. The molecule has 0 aliphatic rings. The zero-order valence-corrected chi connectivity index (χ0v) is 9.57. The predicted molar refractivity (Wildman–Crippen MR) is 57.5 cm³/mol. The molecule has 0 atom stereocenters. The van der Waals surface area contributed by atoms with Gasteiger partial charge in [-0.2, -0.15) is 8.42 Å². The molecule has 0 aromatic heterocycles. The Balaban J connectivity index is 2.32. The predicted octanol–water partition coefficient (Wildman–Crippen LogP) is 0.294. The van der Waals surface area contributed by atoms with Crippen LogP contribution in [0.25, 0.3) is 0 Å². The van der Waals surface area contributed by atoms with Gasteiger partial charge in [-0.1, -0.05) is 0 Å². The van der Waals surface area contributed by atoms with Crippen molar-refractivity contribution in [2.24, 2.45) is 5.14 Å². The lowest BCUT2D eigenvalue weighted by Crippen LogP contribution is -2.19. The Labute approximate surface area is 94.2 Å². The van der Waals surface area contributed by atoms with Gasteiger partial charge in [0.25, 0.3) is 0 Å². The summed E-state index contributed by atoms with van der Waals surface area (Å²) in [5.41, 5.74) is 0. The quantitative estimate of drug-likeness (QED) is 0.730. The Morgan fingerprint density at radius 3 is 2.19 bits per heavy atom. The Morgan fingerprint density at radius 1 is 1.12 bits per heavy atom. The number of hydrogen-bond donors (Lipinski definition) is 1. The van der Waals surface area contributed by atoms with Crippen molar-refractivity contribution in [3.63, 3.8) is 0 Å². The first-order valence-electron chi connectivity index (χ1n) is 4.45. The highest BCUT2D eigenvalue weighted by Gasteiger charge is 2.01. The molecular weight excluding hydrogens is 234 g/mol. The summed E-state index contributed by atoms with van der Waals surface area (Å²) in [4.78, 5) is 0. The van der Waals surface area contributed by atoms with E-state index >= 15 is 0 Å². The van der Waals surface area contributed by atoms with Crippen LogP contribution in [-0.4, -0.2) is 28.7 Å². The lowest BCUT2D eigenvalue weighted by molar-refractivity contribution is 0.221. The summed E-state index contributed by atoms with van der Waals surface area (Å²) in [6.07, 6.45) is 0. The van der Waals surface area contributed by atoms with Crippen LogP contribution in [0.1, 0.15) is 0 Å². The molecule has 1 rings (SSSR count). The Hall–Kier alpha value is -1.31. The minimum atomic E-state index is -3.89. The third-order valence-electron chi connectivity index (χ3n) is 1.66. The summed E-state index contributed by atoms with van der Waals surface area (Å²) in [5.74, 6) is 1.31. The number of nitrogens with two attached hydrogens (primary N) is 1. The van der Waals surface area contributed by atoms with Gasteiger partial charge in [-0.3, -0.25) is 4.18 Å². The van der Waals surface area contributed by atoms with E-state index in [1.807, 2.05) is 0 Å². The summed E-state index contributed by atoms with van der Waals surface area (Å²) in [6, 6.07) is 6.87. The van der Waals surface area contributed by atoms with E-state index in [1.165, 1.54) is 0 Å². The van der Waals surface area contributed by atoms with Crippen LogP contribution in [0.15, 0.2) is 24.3 Å². The fourth-order valence-corrected chi connectivity index (χ4v) is 1.28. The number of methoxy groups -OCH3 is 1. The molecule has 90 valence electrons. The summed E-state index contributed by atoms with van der Waals surface area (Å²) >= 11 is 0. The molecule has 6 nitrogen and oxygen atoms in total. The van der Waals surface area contributed by atoms with Crippen LogP contribution in [0.4, 0.5) is 0 Å². The monoisotopic (exact) mass is 247 g/mol. The molecule has 0 bridgehead atoms. The molecule has 0 saturated carbocycles. The van der Waals surface area contributed by atoms with E-state index in [9.17, 15) is 8.42 Å². The van der Waals surface area contributed by atoms with Crippen LogP contribution < -0.4 is 14.6 Å². The molecule has 0 aliphatic carbocycles. The first-order chi connectivity index (χ1) is 7.51. The largest absolute Gasteiger partial charge is 0.497 e. The topological polar surface area (TPSA) is 87.8 Å². The maximum atomic E-state index is 10.4. The zero-order valence-electron chi connectivity index (χ0n) is 8.75. The van der Waals surface area contributed by atoms with Crippen molar-refractivity contribution in [2.45, 2.75) is 0 Å². The first-order valence-corrected chi connectivity index (χ1v) is 5.92. The van der Waals surface area contributed by atoms with Gasteiger partial charge in [0, 0.05) is 0 Å². The summed E-state index contributed by atoms with van der Waals surface area (Å²) in [6.45, 7) is -0.0202. The van der Waals surface area contributed by atoms with Gasteiger partial charge in [0.15, 0.2) is 0 Å². The molecule has 16 heavy (non-hydrogen) atoms. The van der Waals surface area contributed by atoms with Crippen molar-refractivity contribution in [1.29, 1.82) is 0 Å². The first kappa shape index (κ1) is 12.8. The van der Waals surface area contributed by atoms with Gasteiger partial charge in [0.05, 0.1) is 7.11 Å². The van der Waals surface area contributed by atoms with Crippen LogP contribution in [0.3, 0.4) is 0 Å². The molecule has 0 unspecified atom stereocenters. The van der Waals surface area contributed by atoms with E-state index in [4.69, 9.17) is 9.47 Å². The number of ether oxygens (including phenoxy) is 2. The van der Waals surface area contributed by atoms with Gasteiger partial charge in [0.1, 0.15) is 24.7 Å². The van der Waals surface area contributed by atoms with Gasteiger partial charge in [0.2, 0.25) is 0 Å². The molecule has 0 saturated heterocycles. The van der Waals surface area contributed by atoms with E-state index in [0.29, 0.717) is 11.5 Å². The lowest BCUT2D eigenvalue weighted by Gasteiger charge is -2.06. The Kier molecular flexibility index (Phi) is 4.53. The van der Waals surface area contributed by atoms with Crippen molar-refractivity contribution in [3.8, 4) is 11.5 Å². The average molecular weight is 247 g/mol. The second kappa shape index (κ2) is 5.69. The Morgan fingerprint density at radius 2 is 1.69 bits per heavy atom. The van der Waals surface area contributed by atoms with Gasteiger partial charge in [-0.25, -0.2) is 5.14 Å². The maximum Gasteiger partial charge on any atom is 0.333 e. The summed E-state index contributed by atoms with van der Waals surface area (Å²) < 4.78 is 35.3.